The minimum atomic E-state index is -0.535. The van der Waals surface area contributed by atoms with Gasteiger partial charge < -0.3 is 29.6 Å². The molecule has 2 N–H and O–H groups in total. The van der Waals surface area contributed by atoms with Crippen molar-refractivity contribution in [2.45, 2.75) is 32.8 Å². The number of fused-ring (bicyclic) bond motifs is 1. The first-order valence-electron chi connectivity index (χ1n) is 13.5. The number of nitrogens with one attached hydrogen (secondary N) is 2. The number of anilines is 3. The van der Waals surface area contributed by atoms with Gasteiger partial charge in [-0.05, 0) is 56.7 Å². The highest BCUT2D eigenvalue weighted by Crippen LogP contribution is 2.34. The van der Waals surface area contributed by atoms with Crippen molar-refractivity contribution in [2.24, 2.45) is 0 Å². The molecular formula is C30H32Cl2N6O4. The molecule has 0 unspecified atom stereocenters. The Balaban J connectivity index is 1.40. The third-order valence-corrected chi connectivity index (χ3v) is 7.54. The second-order valence-corrected chi connectivity index (χ2v) is 11.7. The maximum atomic E-state index is 12.8. The fraction of sp³-hybridized carbons (Fsp3) is 0.333. The third-order valence-electron chi connectivity index (χ3n) is 6.83. The zero-order valence-corrected chi connectivity index (χ0v) is 25.3. The van der Waals surface area contributed by atoms with Gasteiger partial charge in [-0.3, -0.25) is 4.79 Å². The largest absolute Gasteiger partial charge is 0.494 e. The van der Waals surface area contributed by atoms with Crippen LogP contribution in [0.1, 0.15) is 32.0 Å². The van der Waals surface area contributed by atoms with Gasteiger partial charge in [0.2, 0.25) is 0 Å². The lowest BCUT2D eigenvalue weighted by atomic mass is 10.1. The molecule has 4 aromatic rings. The molecule has 0 aliphatic carbocycles. The van der Waals surface area contributed by atoms with Gasteiger partial charge in [-0.1, -0.05) is 29.3 Å². The number of aromatic nitrogens is 3. The van der Waals surface area contributed by atoms with E-state index in [1.54, 1.807) is 36.3 Å². The number of aromatic amines is 1. The van der Waals surface area contributed by atoms with Gasteiger partial charge in [0.15, 0.2) is 0 Å². The van der Waals surface area contributed by atoms with Crippen molar-refractivity contribution < 1.29 is 14.3 Å². The summed E-state index contributed by atoms with van der Waals surface area (Å²) in [4.78, 5) is 41.0. The number of pyridine rings is 1. The summed E-state index contributed by atoms with van der Waals surface area (Å²) in [5.41, 5.74) is 2.56. The summed E-state index contributed by atoms with van der Waals surface area (Å²) in [6.07, 6.45) is 1.41. The predicted octanol–water partition coefficient (Wildman–Crippen LogP) is 6.03. The minimum Gasteiger partial charge on any atom is -0.494 e. The third kappa shape index (κ3) is 6.55. The van der Waals surface area contributed by atoms with Gasteiger partial charge in [0.1, 0.15) is 22.6 Å². The van der Waals surface area contributed by atoms with E-state index >= 15 is 0 Å². The van der Waals surface area contributed by atoms with Crippen LogP contribution < -0.4 is 20.5 Å². The number of halogens is 2. The van der Waals surface area contributed by atoms with E-state index < -0.39 is 5.60 Å². The molecule has 1 fully saturated rings. The Morgan fingerprint density at radius 1 is 1.07 bits per heavy atom. The summed E-state index contributed by atoms with van der Waals surface area (Å²) < 4.78 is 11.2. The molecule has 5 rings (SSSR count). The zero-order valence-electron chi connectivity index (χ0n) is 23.8. The number of ether oxygens (including phenoxy) is 2. The number of amides is 1. The number of rotatable bonds is 6. The van der Waals surface area contributed by atoms with Crippen LogP contribution in [0.3, 0.4) is 0 Å². The van der Waals surface area contributed by atoms with E-state index in [2.05, 4.69) is 20.2 Å². The number of benzene rings is 2. The van der Waals surface area contributed by atoms with E-state index in [0.717, 1.165) is 11.3 Å². The lowest BCUT2D eigenvalue weighted by molar-refractivity contribution is 0.0240. The summed E-state index contributed by atoms with van der Waals surface area (Å²) in [7, 11) is 1.58. The number of hydrogen-bond donors (Lipinski definition) is 2. The van der Waals surface area contributed by atoms with Crippen molar-refractivity contribution >= 4 is 57.4 Å². The van der Waals surface area contributed by atoms with Gasteiger partial charge in [0.05, 0.1) is 24.6 Å². The lowest BCUT2D eigenvalue weighted by Gasteiger charge is -2.37. The fourth-order valence-corrected chi connectivity index (χ4v) is 5.32. The molecule has 220 valence electrons. The Kier molecular flexibility index (Phi) is 8.47. The van der Waals surface area contributed by atoms with Crippen molar-refractivity contribution in [3.63, 3.8) is 0 Å². The molecule has 2 aromatic carbocycles. The number of carbonyl (C=O) groups is 1. The molecule has 0 atom stereocenters. The highest BCUT2D eigenvalue weighted by molar-refractivity contribution is 6.36. The van der Waals surface area contributed by atoms with Crippen LogP contribution in [0.2, 0.25) is 10.0 Å². The maximum Gasteiger partial charge on any atom is 0.410 e. The van der Waals surface area contributed by atoms with Gasteiger partial charge in [0, 0.05) is 60.1 Å². The molecule has 1 aliphatic heterocycles. The molecular weight excluding hydrogens is 579 g/mol. The summed E-state index contributed by atoms with van der Waals surface area (Å²) in [5, 5.41) is 4.66. The van der Waals surface area contributed by atoms with Crippen LogP contribution in [0.25, 0.3) is 10.9 Å². The standard InChI is InChI=1S/C30H32Cl2N6O4/c1-30(2,3)42-29(40)38-12-10-37(11-13-38)19-8-9-23(25(16-19)41-4)36-27-26-24(33-17-34-28(26)39)15-18(35-27)14-20-21(31)6-5-7-22(20)32/h5-9,15-17H,10-14H2,1-4H3,(H,35,36)(H,33,34,39). The Hall–Kier alpha value is -4.02. The van der Waals surface area contributed by atoms with E-state index in [9.17, 15) is 9.59 Å². The molecule has 10 nitrogen and oxygen atoms in total. The van der Waals surface area contributed by atoms with Crippen LogP contribution in [-0.2, 0) is 11.2 Å². The molecule has 12 heteroatoms. The van der Waals surface area contributed by atoms with E-state index in [4.69, 9.17) is 37.7 Å². The molecule has 1 amide bonds. The van der Waals surface area contributed by atoms with Crippen LogP contribution >= 0.6 is 23.2 Å². The molecule has 0 saturated carbocycles. The highest BCUT2D eigenvalue weighted by Gasteiger charge is 2.26. The normalized spacial score (nSPS) is 13.8. The summed E-state index contributed by atoms with van der Waals surface area (Å²) in [6.45, 7) is 7.97. The van der Waals surface area contributed by atoms with Gasteiger partial charge >= 0.3 is 6.09 Å². The molecule has 1 aliphatic rings. The first-order valence-corrected chi connectivity index (χ1v) is 14.3. The highest BCUT2D eigenvalue weighted by atomic mass is 35.5. The predicted molar refractivity (Wildman–Crippen MR) is 166 cm³/mol. The van der Waals surface area contributed by atoms with Crippen LogP contribution in [0.15, 0.2) is 53.6 Å². The molecule has 0 bridgehead atoms. The topological polar surface area (TPSA) is 113 Å². The average Bonchev–Trinajstić information content (AvgIpc) is 2.94. The zero-order chi connectivity index (χ0) is 30.0. The van der Waals surface area contributed by atoms with Gasteiger partial charge in [-0.2, -0.15) is 0 Å². The van der Waals surface area contributed by atoms with Gasteiger partial charge in [-0.15, -0.1) is 0 Å². The Morgan fingerprint density at radius 2 is 1.79 bits per heavy atom. The number of nitrogens with zero attached hydrogens (tertiary/aromatic N) is 4. The lowest BCUT2D eigenvalue weighted by Crippen LogP contribution is -2.50. The summed E-state index contributed by atoms with van der Waals surface area (Å²) >= 11 is 12.8. The van der Waals surface area contributed by atoms with Crippen molar-refractivity contribution in [1.29, 1.82) is 0 Å². The second-order valence-electron chi connectivity index (χ2n) is 10.9. The smallest absolute Gasteiger partial charge is 0.410 e. The van der Waals surface area contributed by atoms with Gasteiger partial charge in [0.25, 0.3) is 5.56 Å². The van der Waals surface area contributed by atoms with Crippen LogP contribution in [0, 0.1) is 0 Å². The Bertz CT molecular complexity index is 1660. The maximum absolute atomic E-state index is 12.8. The number of piperazine rings is 1. The average molecular weight is 612 g/mol. The molecule has 1 saturated heterocycles. The van der Waals surface area contributed by atoms with Crippen molar-refractivity contribution in [2.75, 3.05) is 43.5 Å². The van der Waals surface area contributed by atoms with Crippen LogP contribution in [0.5, 0.6) is 5.75 Å². The molecule has 3 heterocycles. The molecule has 42 heavy (non-hydrogen) atoms. The Labute approximate surface area is 253 Å². The quantitative estimate of drug-likeness (QED) is 0.272. The number of H-pyrrole nitrogens is 1. The van der Waals surface area contributed by atoms with E-state index in [-0.39, 0.29) is 11.7 Å². The molecule has 0 spiro atoms. The van der Waals surface area contributed by atoms with E-state index in [0.29, 0.717) is 76.5 Å². The second kappa shape index (κ2) is 12.1. The van der Waals surface area contributed by atoms with Gasteiger partial charge in [-0.25, -0.2) is 14.8 Å². The Morgan fingerprint density at radius 3 is 2.45 bits per heavy atom. The van der Waals surface area contributed by atoms with Crippen molar-refractivity contribution in [1.82, 2.24) is 19.9 Å². The fourth-order valence-electron chi connectivity index (χ4n) is 4.79. The van der Waals surface area contributed by atoms with Crippen LogP contribution in [-0.4, -0.2) is 64.8 Å². The first kappa shape index (κ1) is 29.5. The first-order chi connectivity index (χ1) is 20.0. The SMILES string of the molecule is COc1cc(N2CCN(C(=O)OC(C)(C)C)CC2)ccc1Nc1nc(Cc2c(Cl)cccc2Cl)cc2nc[nH]c(=O)c12. The van der Waals surface area contributed by atoms with Crippen molar-refractivity contribution in [3.05, 3.63) is 80.4 Å². The van der Waals surface area contributed by atoms with Crippen molar-refractivity contribution in [3.8, 4) is 5.75 Å². The van der Waals surface area contributed by atoms with E-state index in [1.165, 1.54) is 6.33 Å². The number of hydrogen-bond acceptors (Lipinski definition) is 8. The molecule has 2 aromatic heterocycles. The minimum absolute atomic E-state index is 0.303. The molecule has 0 radical (unpaired) electrons. The summed E-state index contributed by atoms with van der Waals surface area (Å²) in [5.74, 6) is 0.897. The monoisotopic (exact) mass is 610 g/mol. The van der Waals surface area contributed by atoms with E-state index in [1.807, 2.05) is 39.0 Å². The van der Waals surface area contributed by atoms with Crippen LogP contribution in [0.4, 0.5) is 22.0 Å². The summed E-state index contributed by atoms with van der Waals surface area (Å²) in [6, 6.07) is 12.9. The number of methoxy groups -OCH3 is 1. The number of carbonyl (C=O) groups excluding carboxylic acids is 1.